The van der Waals surface area contributed by atoms with Crippen LogP contribution in [-0.2, 0) is 14.6 Å². The lowest BCUT2D eigenvalue weighted by molar-refractivity contribution is -0.233. The molecule has 8 nitrogen and oxygen atoms in total. The molecule has 0 atom stereocenters. The molecule has 0 bridgehead atoms. The summed E-state index contributed by atoms with van der Waals surface area (Å²) in [6, 6.07) is 5.79. The van der Waals surface area contributed by atoms with Gasteiger partial charge in [-0.05, 0) is 39.0 Å². The Morgan fingerprint density at radius 1 is 1.16 bits per heavy atom. The Bertz CT molecular complexity index is 759. The quantitative estimate of drug-likeness (QED) is 0.390. The van der Waals surface area contributed by atoms with Crippen molar-refractivity contribution < 1.29 is 33.6 Å². The Morgan fingerprint density at radius 2 is 1.64 bits per heavy atom. The van der Waals surface area contributed by atoms with Gasteiger partial charge < -0.3 is 20.4 Å². The van der Waals surface area contributed by atoms with Crippen molar-refractivity contribution in [2.45, 2.75) is 37.4 Å². The van der Waals surface area contributed by atoms with E-state index in [2.05, 4.69) is 0 Å². The number of carbonyl (C=O) groups excluding carboxylic acids is 1. The number of hydrogen-bond acceptors (Lipinski definition) is 7. The second-order valence-electron chi connectivity index (χ2n) is 6.13. The Balaban J connectivity index is 3.05. The molecule has 140 valence electrons. The van der Waals surface area contributed by atoms with E-state index in [9.17, 15) is 33.6 Å². The third kappa shape index (κ3) is 5.91. The molecule has 4 N–H and O–H groups in total. The number of nitrogens with zero attached hydrogens (tertiary/aromatic N) is 1. The molecule has 0 saturated carbocycles. The van der Waals surface area contributed by atoms with Gasteiger partial charge in [0.15, 0.2) is 15.6 Å². The maximum atomic E-state index is 12.3. The van der Waals surface area contributed by atoms with Crippen LogP contribution in [0, 0.1) is 6.92 Å². The van der Waals surface area contributed by atoms with Crippen molar-refractivity contribution in [1.82, 2.24) is 4.90 Å². The van der Waals surface area contributed by atoms with Crippen molar-refractivity contribution in [2.75, 3.05) is 12.8 Å². The van der Waals surface area contributed by atoms with E-state index in [1.165, 1.54) is 19.1 Å². The molecule has 9 heteroatoms. The van der Waals surface area contributed by atoms with Crippen molar-refractivity contribution in [2.24, 2.45) is 0 Å². The van der Waals surface area contributed by atoms with Crippen LogP contribution in [0.15, 0.2) is 40.8 Å². The fourth-order valence-corrected chi connectivity index (χ4v) is 3.50. The highest BCUT2D eigenvalue weighted by molar-refractivity contribution is 7.91. The molecule has 1 aromatic rings. The first-order chi connectivity index (χ1) is 11.2. The molecule has 0 saturated heterocycles. The largest absolute Gasteiger partial charge is 0.363 e. The average molecular weight is 373 g/mol. The Labute approximate surface area is 146 Å². The zero-order chi connectivity index (χ0) is 19.6. The Morgan fingerprint density at radius 3 is 2.08 bits per heavy atom. The highest BCUT2D eigenvalue weighted by atomic mass is 32.2. The van der Waals surface area contributed by atoms with Crippen LogP contribution < -0.4 is 0 Å². The summed E-state index contributed by atoms with van der Waals surface area (Å²) in [5.41, 5.74) is 0.637. The van der Waals surface area contributed by atoms with Gasteiger partial charge in [0.2, 0.25) is 0 Å². The van der Waals surface area contributed by atoms with Gasteiger partial charge in [-0.1, -0.05) is 17.7 Å². The number of benzene rings is 1. The predicted octanol–water partition coefficient (Wildman–Crippen LogP) is -0.487. The Hall–Kier alpha value is -1.78. The number of carbonyl (C=O) groups is 1. The molecule has 0 aliphatic carbocycles. The molecule has 0 heterocycles. The third-order valence-corrected chi connectivity index (χ3v) is 5.19. The van der Waals surface area contributed by atoms with Gasteiger partial charge in [0.25, 0.3) is 11.8 Å². The van der Waals surface area contributed by atoms with Crippen molar-refractivity contribution in [3.05, 3.63) is 41.5 Å². The number of rotatable bonds is 6. The number of aryl methyl sites for hydroxylation is 1. The minimum absolute atomic E-state index is 0.114. The van der Waals surface area contributed by atoms with E-state index in [-0.39, 0.29) is 10.5 Å². The monoisotopic (exact) mass is 373 g/mol. The molecule has 0 aromatic heterocycles. The molecule has 0 fully saturated rings. The number of amides is 1. The lowest BCUT2D eigenvalue weighted by Crippen LogP contribution is -2.54. The first kappa shape index (κ1) is 21.3. The molecule has 0 unspecified atom stereocenters. The minimum Gasteiger partial charge on any atom is -0.363 e. The molecule has 0 spiro atoms. The van der Waals surface area contributed by atoms with Gasteiger partial charge in [0.1, 0.15) is 5.75 Å². The lowest BCUT2D eigenvalue weighted by Gasteiger charge is -2.32. The van der Waals surface area contributed by atoms with Crippen molar-refractivity contribution in [3.63, 3.8) is 0 Å². The van der Waals surface area contributed by atoms with Crippen LogP contribution in [0.1, 0.15) is 19.4 Å². The van der Waals surface area contributed by atoms with Gasteiger partial charge in [-0.2, -0.15) is 0 Å². The van der Waals surface area contributed by atoms with E-state index >= 15 is 0 Å². The van der Waals surface area contributed by atoms with Gasteiger partial charge in [0, 0.05) is 12.6 Å². The van der Waals surface area contributed by atoms with Crippen molar-refractivity contribution >= 4 is 15.7 Å². The van der Waals surface area contributed by atoms with E-state index in [4.69, 9.17) is 0 Å². The molecule has 1 aromatic carbocycles. The molecule has 25 heavy (non-hydrogen) atoms. The summed E-state index contributed by atoms with van der Waals surface area (Å²) >= 11 is 0. The van der Waals surface area contributed by atoms with Gasteiger partial charge in [-0.25, -0.2) is 8.42 Å². The highest BCUT2D eigenvalue weighted by Gasteiger charge is 2.39. The van der Waals surface area contributed by atoms with Crippen LogP contribution in [0.3, 0.4) is 0 Å². The summed E-state index contributed by atoms with van der Waals surface area (Å²) in [4.78, 5) is 12.5. The number of hydrogen-bond donors (Lipinski definition) is 4. The van der Waals surface area contributed by atoms with Crippen LogP contribution in [-0.4, -0.2) is 64.1 Å². The molecule has 1 rings (SSSR count). The number of aliphatic hydroxyl groups is 4. The zero-order valence-corrected chi connectivity index (χ0v) is 15.3. The lowest BCUT2D eigenvalue weighted by atomic mass is 10.1. The summed E-state index contributed by atoms with van der Waals surface area (Å²) in [7, 11) is -3.09. The van der Waals surface area contributed by atoms with Crippen LogP contribution in [0.5, 0.6) is 0 Å². The summed E-state index contributed by atoms with van der Waals surface area (Å²) in [6.45, 7) is 4.02. The molecule has 0 radical (unpaired) electrons. The van der Waals surface area contributed by atoms with E-state index in [1.807, 2.05) is 0 Å². The SMILES string of the molecule is C/C(=C\C(C)(O)O)C(=O)N(C)C(O)(O)CS(=O)(=O)c1ccc(C)cc1. The predicted molar refractivity (Wildman–Crippen MR) is 89.8 cm³/mol. The summed E-state index contributed by atoms with van der Waals surface area (Å²) in [5, 5.41) is 38.7. The maximum absolute atomic E-state index is 12.3. The van der Waals surface area contributed by atoms with Gasteiger partial charge in [-0.15, -0.1) is 0 Å². The smallest absolute Gasteiger partial charge is 0.263 e. The maximum Gasteiger partial charge on any atom is 0.263 e. The minimum atomic E-state index is -4.09. The van der Waals surface area contributed by atoms with Crippen LogP contribution in [0.4, 0.5) is 0 Å². The molecule has 0 aliphatic heterocycles. The first-order valence-corrected chi connectivity index (χ1v) is 8.97. The van der Waals surface area contributed by atoms with Crippen LogP contribution >= 0.6 is 0 Å². The van der Waals surface area contributed by atoms with E-state index in [0.29, 0.717) is 4.90 Å². The second-order valence-corrected chi connectivity index (χ2v) is 8.12. The molecular formula is C16H23NO7S. The summed E-state index contributed by atoms with van der Waals surface area (Å²) < 4.78 is 24.7. The fourth-order valence-electron chi connectivity index (χ4n) is 2.08. The second kappa shape index (κ2) is 7.22. The van der Waals surface area contributed by atoms with Crippen LogP contribution in [0.25, 0.3) is 0 Å². The van der Waals surface area contributed by atoms with E-state index < -0.39 is 33.2 Å². The summed E-state index contributed by atoms with van der Waals surface area (Å²) in [5.74, 6) is -7.38. The van der Waals surface area contributed by atoms with Crippen LogP contribution in [0.2, 0.25) is 0 Å². The van der Waals surface area contributed by atoms with Crippen molar-refractivity contribution in [1.29, 1.82) is 0 Å². The summed E-state index contributed by atoms with van der Waals surface area (Å²) in [6.07, 6.45) is 0.802. The van der Waals surface area contributed by atoms with Crippen molar-refractivity contribution in [3.8, 4) is 0 Å². The van der Waals surface area contributed by atoms with E-state index in [1.54, 1.807) is 19.1 Å². The standard InChI is InChI=1S/C16H23NO7S/c1-11-5-7-13(8-6-11)25(23,24)10-16(21,22)17(4)14(18)12(2)9-15(3,19)20/h5-9,19-22H,10H2,1-4H3/b12-9+. The normalized spacial score (nSPS) is 13.7. The topological polar surface area (TPSA) is 135 Å². The highest BCUT2D eigenvalue weighted by Crippen LogP contribution is 2.20. The fraction of sp³-hybridized carbons (Fsp3) is 0.438. The average Bonchev–Trinajstić information content (AvgIpc) is 2.43. The number of sulfone groups is 1. The first-order valence-electron chi connectivity index (χ1n) is 7.32. The van der Waals surface area contributed by atoms with Gasteiger partial charge >= 0.3 is 0 Å². The number of likely N-dealkylation sites (N-methyl/N-ethyl adjacent to an activating group) is 1. The van der Waals surface area contributed by atoms with Gasteiger partial charge in [-0.3, -0.25) is 9.69 Å². The molecule has 0 aliphatic rings. The zero-order valence-electron chi connectivity index (χ0n) is 14.5. The van der Waals surface area contributed by atoms with Gasteiger partial charge in [0.05, 0.1) is 4.90 Å². The van der Waals surface area contributed by atoms with E-state index in [0.717, 1.165) is 25.6 Å². The molecular weight excluding hydrogens is 350 g/mol. The molecule has 1 amide bonds. The third-order valence-electron chi connectivity index (χ3n) is 3.43. The Kier molecular flexibility index (Phi) is 6.14.